The van der Waals surface area contributed by atoms with Gasteiger partial charge in [-0.25, -0.2) is 9.07 Å². The van der Waals surface area contributed by atoms with Crippen molar-refractivity contribution in [2.45, 2.75) is 32.2 Å². The van der Waals surface area contributed by atoms with E-state index in [-0.39, 0.29) is 17.9 Å². The van der Waals surface area contributed by atoms with Crippen molar-refractivity contribution in [3.63, 3.8) is 0 Å². The van der Waals surface area contributed by atoms with E-state index in [0.29, 0.717) is 12.1 Å². The lowest BCUT2D eigenvalue weighted by Crippen LogP contribution is -2.36. The first-order valence-corrected chi connectivity index (χ1v) is 7.34. The van der Waals surface area contributed by atoms with Crippen LogP contribution in [0, 0.1) is 5.82 Å². The Labute approximate surface area is 132 Å². The second-order valence-corrected chi connectivity index (χ2v) is 5.18. The Kier molecular flexibility index (Phi) is 5.46. The normalized spacial score (nSPS) is 11.9. The van der Waals surface area contributed by atoms with E-state index in [2.05, 4.69) is 10.4 Å². The van der Waals surface area contributed by atoms with Gasteiger partial charge >= 0.3 is 5.97 Å². The van der Waals surface area contributed by atoms with Gasteiger partial charge in [0.25, 0.3) is 5.91 Å². The molecule has 0 fully saturated rings. The average molecular weight is 319 g/mol. The second-order valence-electron chi connectivity index (χ2n) is 5.18. The first-order chi connectivity index (χ1) is 11.0. The Hall–Kier alpha value is -2.70. The molecular weight excluding hydrogens is 301 g/mol. The van der Waals surface area contributed by atoms with Crippen LogP contribution in [0.4, 0.5) is 4.39 Å². The van der Waals surface area contributed by atoms with Crippen molar-refractivity contribution in [1.82, 2.24) is 15.1 Å². The van der Waals surface area contributed by atoms with Gasteiger partial charge in [-0.2, -0.15) is 5.10 Å². The van der Waals surface area contributed by atoms with Crippen LogP contribution in [0.1, 0.15) is 36.7 Å². The van der Waals surface area contributed by atoms with Gasteiger partial charge in [-0.1, -0.05) is 13.3 Å². The summed E-state index contributed by atoms with van der Waals surface area (Å²) in [6.45, 7) is 1.92. The molecule has 6 nitrogen and oxygen atoms in total. The van der Waals surface area contributed by atoms with E-state index in [1.54, 1.807) is 18.3 Å². The van der Waals surface area contributed by atoms with Crippen molar-refractivity contribution in [3.05, 3.63) is 48.0 Å². The van der Waals surface area contributed by atoms with E-state index >= 15 is 0 Å². The number of hydrogen-bond acceptors (Lipinski definition) is 3. The molecule has 0 aliphatic rings. The highest BCUT2D eigenvalue weighted by Crippen LogP contribution is 2.10. The van der Waals surface area contributed by atoms with Crippen molar-refractivity contribution in [2.75, 3.05) is 0 Å². The summed E-state index contributed by atoms with van der Waals surface area (Å²) in [5, 5.41) is 15.7. The van der Waals surface area contributed by atoms with Crippen LogP contribution in [-0.2, 0) is 4.79 Å². The van der Waals surface area contributed by atoms with Crippen molar-refractivity contribution >= 4 is 11.9 Å². The molecule has 122 valence electrons. The average Bonchev–Trinajstić information content (AvgIpc) is 2.97. The molecule has 7 heteroatoms. The van der Waals surface area contributed by atoms with Crippen molar-refractivity contribution in [1.29, 1.82) is 0 Å². The minimum Gasteiger partial charge on any atom is -0.481 e. The van der Waals surface area contributed by atoms with Crippen LogP contribution in [0.25, 0.3) is 5.69 Å². The summed E-state index contributed by atoms with van der Waals surface area (Å²) in [6, 6.07) is 6.81. The van der Waals surface area contributed by atoms with Gasteiger partial charge in [0, 0.05) is 12.2 Å². The Bertz CT molecular complexity index is 682. The number of benzene rings is 1. The van der Waals surface area contributed by atoms with Gasteiger partial charge in [0.15, 0.2) is 5.69 Å². The summed E-state index contributed by atoms with van der Waals surface area (Å²) < 4.78 is 14.4. The highest BCUT2D eigenvalue weighted by atomic mass is 19.1. The summed E-state index contributed by atoms with van der Waals surface area (Å²) in [5.74, 6) is -1.74. The minimum absolute atomic E-state index is 0.127. The lowest BCUT2D eigenvalue weighted by Gasteiger charge is -2.15. The summed E-state index contributed by atoms with van der Waals surface area (Å²) in [4.78, 5) is 23.0. The van der Waals surface area contributed by atoms with Crippen LogP contribution in [-0.4, -0.2) is 32.8 Å². The molecule has 0 aliphatic heterocycles. The molecule has 23 heavy (non-hydrogen) atoms. The number of nitrogens with zero attached hydrogens (tertiary/aromatic N) is 2. The van der Waals surface area contributed by atoms with E-state index in [9.17, 15) is 14.0 Å². The molecule has 2 rings (SSSR count). The van der Waals surface area contributed by atoms with Gasteiger partial charge in [-0.05, 0) is 36.8 Å². The lowest BCUT2D eigenvalue weighted by molar-refractivity contribution is -0.137. The molecule has 2 N–H and O–H groups in total. The fraction of sp³-hybridized carbons (Fsp3) is 0.312. The number of aromatic nitrogens is 2. The summed E-state index contributed by atoms with van der Waals surface area (Å²) >= 11 is 0. The quantitative estimate of drug-likeness (QED) is 0.820. The fourth-order valence-corrected chi connectivity index (χ4v) is 2.23. The fourth-order valence-electron chi connectivity index (χ4n) is 2.23. The predicted octanol–water partition coefficient (Wildman–Crippen LogP) is 2.38. The van der Waals surface area contributed by atoms with Gasteiger partial charge in [-0.3, -0.25) is 9.59 Å². The molecule has 1 unspecified atom stereocenters. The van der Waals surface area contributed by atoms with Crippen LogP contribution in [0.3, 0.4) is 0 Å². The van der Waals surface area contributed by atoms with E-state index in [0.717, 1.165) is 6.42 Å². The number of halogens is 1. The number of carbonyl (C=O) groups excluding carboxylic acids is 1. The number of aliphatic carboxylic acids is 1. The van der Waals surface area contributed by atoms with Gasteiger partial charge in [0.1, 0.15) is 5.82 Å². The number of carboxylic acid groups (broad SMARTS) is 1. The molecule has 1 atom stereocenters. The summed E-state index contributed by atoms with van der Waals surface area (Å²) in [5.41, 5.74) is 0.807. The standard InChI is InChI=1S/C16H18FN3O3/c1-2-3-12(10-15(21)22)18-16(23)14-8-9-20(19-14)13-6-4-11(17)5-7-13/h4-9,12H,2-3,10H2,1H3,(H,18,23)(H,21,22). The highest BCUT2D eigenvalue weighted by Gasteiger charge is 2.18. The van der Waals surface area contributed by atoms with Crippen LogP contribution in [0.2, 0.25) is 0 Å². The van der Waals surface area contributed by atoms with Gasteiger partial charge in [0.2, 0.25) is 0 Å². The molecule has 1 heterocycles. The Morgan fingerprint density at radius 3 is 2.61 bits per heavy atom. The first-order valence-electron chi connectivity index (χ1n) is 7.34. The largest absolute Gasteiger partial charge is 0.481 e. The number of nitrogens with one attached hydrogen (secondary N) is 1. The van der Waals surface area contributed by atoms with Gasteiger partial charge < -0.3 is 10.4 Å². The maximum atomic E-state index is 12.9. The maximum absolute atomic E-state index is 12.9. The van der Waals surface area contributed by atoms with Gasteiger partial charge in [0.05, 0.1) is 12.1 Å². The zero-order valence-corrected chi connectivity index (χ0v) is 12.7. The highest BCUT2D eigenvalue weighted by molar-refractivity contribution is 5.92. The lowest BCUT2D eigenvalue weighted by atomic mass is 10.1. The molecule has 1 aromatic heterocycles. The Morgan fingerprint density at radius 2 is 2.00 bits per heavy atom. The van der Waals surface area contributed by atoms with Crippen molar-refractivity contribution < 1.29 is 19.1 Å². The molecule has 0 spiro atoms. The molecule has 0 bridgehead atoms. The third kappa shape index (κ3) is 4.64. The van der Waals surface area contributed by atoms with E-state index in [1.807, 2.05) is 6.92 Å². The van der Waals surface area contributed by atoms with Crippen molar-refractivity contribution in [2.24, 2.45) is 0 Å². The number of rotatable bonds is 7. The Morgan fingerprint density at radius 1 is 1.30 bits per heavy atom. The summed E-state index contributed by atoms with van der Waals surface area (Å²) in [7, 11) is 0. The monoisotopic (exact) mass is 319 g/mol. The van der Waals surface area contributed by atoms with Crippen LogP contribution in [0.5, 0.6) is 0 Å². The second kappa shape index (κ2) is 7.53. The molecule has 2 aromatic rings. The smallest absolute Gasteiger partial charge is 0.305 e. The topological polar surface area (TPSA) is 84.2 Å². The maximum Gasteiger partial charge on any atom is 0.305 e. The number of amides is 1. The van der Waals surface area contributed by atoms with Crippen LogP contribution in [0.15, 0.2) is 36.5 Å². The molecule has 1 aromatic carbocycles. The predicted molar refractivity (Wildman–Crippen MR) is 81.9 cm³/mol. The molecule has 0 radical (unpaired) electrons. The summed E-state index contributed by atoms with van der Waals surface area (Å²) in [6.07, 6.45) is 2.81. The van der Waals surface area contributed by atoms with Crippen LogP contribution < -0.4 is 5.32 Å². The third-order valence-corrected chi connectivity index (χ3v) is 3.31. The molecule has 0 aliphatic carbocycles. The number of hydrogen-bond donors (Lipinski definition) is 2. The minimum atomic E-state index is -0.958. The third-order valence-electron chi connectivity index (χ3n) is 3.31. The molecule has 0 saturated heterocycles. The molecule has 1 amide bonds. The molecule has 0 saturated carbocycles. The van der Waals surface area contributed by atoms with Gasteiger partial charge in [-0.15, -0.1) is 0 Å². The van der Waals surface area contributed by atoms with E-state index in [1.165, 1.54) is 22.9 Å². The molecular formula is C16H18FN3O3. The zero-order valence-electron chi connectivity index (χ0n) is 12.7. The SMILES string of the molecule is CCCC(CC(=O)O)NC(=O)c1ccn(-c2ccc(F)cc2)n1. The number of carboxylic acids is 1. The Balaban J connectivity index is 2.08. The zero-order chi connectivity index (χ0) is 16.8. The van der Waals surface area contributed by atoms with Crippen LogP contribution >= 0.6 is 0 Å². The van der Waals surface area contributed by atoms with E-state index in [4.69, 9.17) is 5.11 Å². The number of carbonyl (C=O) groups is 2. The first kappa shape index (κ1) is 16.7. The van der Waals surface area contributed by atoms with Crippen molar-refractivity contribution in [3.8, 4) is 5.69 Å². The van der Waals surface area contributed by atoms with E-state index < -0.39 is 17.9 Å².